The van der Waals surface area contributed by atoms with Crippen molar-refractivity contribution in [3.05, 3.63) is 60.1 Å². The quantitative estimate of drug-likeness (QED) is 0.729. The number of nitrogens with zero attached hydrogens (tertiary/aromatic N) is 3. The van der Waals surface area contributed by atoms with E-state index in [0.717, 1.165) is 27.7 Å². The number of carbonyl (C=O) groups excluding carboxylic acids is 1. The molecule has 1 fully saturated rings. The number of para-hydroxylation sites is 1. The number of nitrogens with one attached hydrogen (secondary N) is 1. The van der Waals surface area contributed by atoms with Gasteiger partial charge in [-0.1, -0.05) is 36.4 Å². The summed E-state index contributed by atoms with van der Waals surface area (Å²) in [6, 6.07) is 13.4. The summed E-state index contributed by atoms with van der Waals surface area (Å²) >= 11 is 0. The van der Waals surface area contributed by atoms with Gasteiger partial charge in [-0.05, 0) is 11.6 Å². The van der Waals surface area contributed by atoms with E-state index in [1.807, 2.05) is 35.2 Å². The number of fused-ring (bicyclic) bond motifs is 1. The smallest absolute Gasteiger partial charge is 0.239 e. The molecule has 1 saturated heterocycles. The van der Waals surface area contributed by atoms with Gasteiger partial charge in [0.05, 0.1) is 37.6 Å². The van der Waals surface area contributed by atoms with Crippen LogP contribution in [0.25, 0.3) is 26.9 Å². The lowest BCUT2D eigenvalue weighted by Gasteiger charge is -2.30. The fourth-order valence-corrected chi connectivity index (χ4v) is 3.42. The van der Waals surface area contributed by atoms with Crippen LogP contribution < -0.4 is 15.0 Å². The third-order valence-electron chi connectivity index (χ3n) is 4.72. The number of ether oxygens (including phenoxy) is 1. The molecule has 1 aliphatic rings. The fourth-order valence-electron chi connectivity index (χ4n) is 3.42. The maximum Gasteiger partial charge on any atom is 0.239 e. The summed E-state index contributed by atoms with van der Waals surface area (Å²) in [4.78, 5) is 21.9. The van der Waals surface area contributed by atoms with Gasteiger partial charge in [0.1, 0.15) is 0 Å². The second-order valence-electron chi connectivity index (χ2n) is 6.31. The standard InChI is InChI=1S/C21H18N4O2/c1-22-15-8-6-14(7-9-15)16-4-3-5-17-20(16)24-12-18(21(17)27-2)25-11-10-23-19(26)13-25/h3-9,12H,10-11,13H2,2H3,(H,23,26). The third-order valence-corrected chi connectivity index (χ3v) is 4.72. The molecule has 6 nitrogen and oxygen atoms in total. The maximum absolute atomic E-state index is 11.8. The minimum absolute atomic E-state index is 0.00273. The van der Waals surface area contributed by atoms with Crippen LogP contribution in [0.4, 0.5) is 11.4 Å². The van der Waals surface area contributed by atoms with Crippen LogP contribution in [0.2, 0.25) is 0 Å². The number of amides is 1. The Hall–Kier alpha value is -3.59. The Morgan fingerprint density at radius 1 is 1.22 bits per heavy atom. The molecule has 4 rings (SSSR count). The highest BCUT2D eigenvalue weighted by molar-refractivity contribution is 6.00. The highest BCUT2D eigenvalue weighted by Gasteiger charge is 2.22. The zero-order valence-corrected chi connectivity index (χ0v) is 14.9. The first-order valence-corrected chi connectivity index (χ1v) is 8.66. The third kappa shape index (κ3) is 3.04. The fraction of sp³-hybridized carbons (Fsp3) is 0.190. The molecule has 0 spiro atoms. The Bertz CT molecular complexity index is 1050. The van der Waals surface area contributed by atoms with Crippen molar-refractivity contribution < 1.29 is 9.53 Å². The molecule has 27 heavy (non-hydrogen) atoms. The molecule has 0 atom stereocenters. The molecule has 3 aromatic rings. The van der Waals surface area contributed by atoms with Crippen molar-refractivity contribution in [2.45, 2.75) is 0 Å². The van der Waals surface area contributed by atoms with Crippen LogP contribution in [0, 0.1) is 6.57 Å². The Kier molecular flexibility index (Phi) is 4.35. The Morgan fingerprint density at radius 3 is 2.74 bits per heavy atom. The van der Waals surface area contributed by atoms with E-state index in [-0.39, 0.29) is 5.91 Å². The van der Waals surface area contributed by atoms with Crippen LogP contribution in [0.3, 0.4) is 0 Å². The number of carbonyl (C=O) groups is 1. The number of aromatic nitrogens is 1. The van der Waals surface area contributed by atoms with E-state index in [4.69, 9.17) is 16.3 Å². The number of pyridine rings is 1. The molecule has 0 unspecified atom stereocenters. The summed E-state index contributed by atoms with van der Waals surface area (Å²) in [7, 11) is 1.64. The first-order chi connectivity index (χ1) is 13.2. The number of methoxy groups -OCH3 is 1. The zero-order chi connectivity index (χ0) is 18.8. The van der Waals surface area contributed by atoms with Crippen LogP contribution in [-0.2, 0) is 4.79 Å². The van der Waals surface area contributed by atoms with E-state index in [9.17, 15) is 4.79 Å². The second kappa shape index (κ2) is 6.96. The number of rotatable bonds is 3. The highest BCUT2D eigenvalue weighted by atomic mass is 16.5. The lowest BCUT2D eigenvalue weighted by molar-refractivity contribution is -0.120. The van der Waals surface area contributed by atoms with Crippen LogP contribution in [0.15, 0.2) is 48.7 Å². The average Bonchev–Trinajstić information content (AvgIpc) is 2.72. The summed E-state index contributed by atoms with van der Waals surface area (Å²) in [6.07, 6.45) is 1.77. The maximum atomic E-state index is 11.8. The lowest BCUT2D eigenvalue weighted by atomic mass is 10.0. The molecule has 1 amide bonds. The van der Waals surface area contributed by atoms with Gasteiger partial charge in [0, 0.05) is 24.0 Å². The predicted molar refractivity (Wildman–Crippen MR) is 105 cm³/mol. The predicted octanol–water partition coefficient (Wildman–Crippen LogP) is 3.40. The Labute approximate surface area is 157 Å². The molecule has 1 aromatic heterocycles. The number of benzene rings is 2. The summed E-state index contributed by atoms with van der Waals surface area (Å²) < 4.78 is 5.72. The van der Waals surface area contributed by atoms with E-state index in [0.29, 0.717) is 31.1 Å². The topological polar surface area (TPSA) is 58.8 Å². The average molecular weight is 358 g/mol. The van der Waals surface area contributed by atoms with E-state index >= 15 is 0 Å². The Balaban J connectivity index is 1.84. The zero-order valence-electron chi connectivity index (χ0n) is 14.9. The monoisotopic (exact) mass is 358 g/mol. The van der Waals surface area contributed by atoms with Gasteiger partial charge in [-0.3, -0.25) is 9.78 Å². The molecule has 6 heteroatoms. The van der Waals surface area contributed by atoms with Gasteiger partial charge in [-0.15, -0.1) is 0 Å². The molecule has 1 N–H and O–H groups in total. The number of piperazine rings is 1. The number of hydrogen-bond donors (Lipinski definition) is 1. The molecule has 134 valence electrons. The van der Waals surface area contributed by atoms with Crippen LogP contribution in [-0.4, -0.2) is 37.6 Å². The second-order valence-corrected chi connectivity index (χ2v) is 6.31. The van der Waals surface area contributed by atoms with Crippen LogP contribution in [0.5, 0.6) is 5.75 Å². The highest BCUT2D eigenvalue weighted by Crippen LogP contribution is 2.38. The van der Waals surface area contributed by atoms with Gasteiger partial charge in [-0.2, -0.15) is 0 Å². The van der Waals surface area contributed by atoms with Crippen molar-refractivity contribution in [2.75, 3.05) is 31.6 Å². The van der Waals surface area contributed by atoms with Gasteiger partial charge < -0.3 is 15.0 Å². The summed E-state index contributed by atoms with van der Waals surface area (Å²) in [6.45, 7) is 8.71. The van der Waals surface area contributed by atoms with E-state index in [1.165, 1.54) is 0 Å². The molecule has 0 saturated carbocycles. The first kappa shape index (κ1) is 16.9. The van der Waals surface area contributed by atoms with Crippen LogP contribution in [0.1, 0.15) is 0 Å². The van der Waals surface area contributed by atoms with Gasteiger partial charge in [0.2, 0.25) is 5.91 Å². The molecule has 0 bridgehead atoms. The van der Waals surface area contributed by atoms with Crippen molar-refractivity contribution in [3.63, 3.8) is 0 Å². The molecular formula is C21H18N4O2. The molecular weight excluding hydrogens is 340 g/mol. The molecule has 2 aromatic carbocycles. The summed E-state index contributed by atoms with van der Waals surface area (Å²) in [5.74, 6) is 0.714. The van der Waals surface area contributed by atoms with Crippen molar-refractivity contribution in [1.29, 1.82) is 0 Å². The first-order valence-electron chi connectivity index (χ1n) is 8.66. The lowest BCUT2D eigenvalue weighted by Crippen LogP contribution is -2.47. The summed E-state index contributed by atoms with van der Waals surface area (Å²) in [5, 5.41) is 3.73. The summed E-state index contributed by atoms with van der Waals surface area (Å²) in [5.41, 5.74) is 4.23. The van der Waals surface area contributed by atoms with Gasteiger partial charge in [0.15, 0.2) is 11.4 Å². The van der Waals surface area contributed by atoms with Crippen molar-refractivity contribution in [2.24, 2.45) is 0 Å². The van der Waals surface area contributed by atoms with E-state index in [2.05, 4.69) is 10.2 Å². The van der Waals surface area contributed by atoms with Crippen molar-refractivity contribution >= 4 is 28.2 Å². The van der Waals surface area contributed by atoms with Gasteiger partial charge >= 0.3 is 0 Å². The van der Waals surface area contributed by atoms with Gasteiger partial charge in [-0.25, -0.2) is 4.85 Å². The molecule has 2 heterocycles. The molecule has 0 radical (unpaired) electrons. The van der Waals surface area contributed by atoms with E-state index in [1.54, 1.807) is 25.4 Å². The largest absolute Gasteiger partial charge is 0.494 e. The van der Waals surface area contributed by atoms with Gasteiger partial charge in [0.25, 0.3) is 0 Å². The van der Waals surface area contributed by atoms with Crippen LogP contribution >= 0.6 is 0 Å². The van der Waals surface area contributed by atoms with Crippen molar-refractivity contribution in [1.82, 2.24) is 10.3 Å². The minimum Gasteiger partial charge on any atom is -0.494 e. The molecule has 1 aliphatic heterocycles. The number of hydrogen-bond acceptors (Lipinski definition) is 4. The Morgan fingerprint density at radius 2 is 2.04 bits per heavy atom. The number of anilines is 1. The SMILES string of the molecule is [C-]#[N+]c1ccc(-c2cccc3c(OC)c(N4CCNC(=O)C4)cnc23)cc1. The molecule has 0 aliphatic carbocycles. The normalized spacial score (nSPS) is 13.9. The van der Waals surface area contributed by atoms with Crippen molar-refractivity contribution in [3.8, 4) is 16.9 Å². The minimum atomic E-state index is -0.00273. The van der Waals surface area contributed by atoms with E-state index < -0.39 is 0 Å².